The minimum absolute atomic E-state index is 0.209. The van der Waals surface area contributed by atoms with E-state index >= 15 is 0 Å². The second-order valence-electron chi connectivity index (χ2n) is 6.05. The van der Waals surface area contributed by atoms with Crippen LogP contribution < -0.4 is 5.73 Å². The van der Waals surface area contributed by atoms with Gasteiger partial charge in [-0.2, -0.15) is 0 Å². The summed E-state index contributed by atoms with van der Waals surface area (Å²) in [4.78, 5) is 9.35. The Hall–Kier alpha value is -2.20. The molecule has 3 aromatic rings. The van der Waals surface area contributed by atoms with E-state index in [1.54, 1.807) is 0 Å². The van der Waals surface area contributed by atoms with Crippen LogP contribution in [-0.4, -0.2) is 14.5 Å². The van der Waals surface area contributed by atoms with Crippen LogP contribution in [0.2, 0.25) is 0 Å². The van der Waals surface area contributed by atoms with Crippen molar-refractivity contribution in [1.29, 1.82) is 0 Å². The Morgan fingerprint density at radius 1 is 1.18 bits per heavy atom. The molecule has 0 aliphatic heterocycles. The van der Waals surface area contributed by atoms with Crippen LogP contribution in [0, 0.1) is 0 Å². The lowest BCUT2D eigenvalue weighted by atomic mass is 9.86. The summed E-state index contributed by atoms with van der Waals surface area (Å²) in [7, 11) is 2.00. The van der Waals surface area contributed by atoms with E-state index in [0.29, 0.717) is 0 Å². The van der Waals surface area contributed by atoms with Gasteiger partial charge in [0.1, 0.15) is 5.82 Å². The average molecular weight is 292 g/mol. The van der Waals surface area contributed by atoms with Gasteiger partial charge in [-0.05, 0) is 42.9 Å². The van der Waals surface area contributed by atoms with Gasteiger partial charge in [-0.1, -0.05) is 18.2 Å². The Labute approximate surface area is 130 Å². The quantitative estimate of drug-likeness (QED) is 0.790. The molecule has 1 unspecified atom stereocenters. The Balaban J connectivity index is 2.00. The molecule has 4 rings (SSSR count). The highest BCUT2D eigenvalue weighted by Gasteiger charge is 2.24. The molecule has 0 radical (unpaired) electrons. The van der Waals surface area contributed by atoms with Crippen molar-refractivity contribution in [2.75, 3.05) is 0 Å². The fraction of sp³-hybridized carbons (Fsp3) is 0.333. The molecule has 1 aromatic carbocycles. The van der Waals surface area contributed by atoms with Crippen LogP contribution in [0.4, 0.5) is 0 Å². The molecule has 1 aliphatic carbocycles. The maximum atomic E-state index is 6.64. The van der Waals surface area contributed by atoms with Gasteiger partial charge in [-0.15, -0.1) is 0 Å². The number of rotatable bonds is 2. The molecular weight excluding hydrogens is 272 g/mol. The predicted octanol–water partition coefficient (Wildman–Crippen LogP) is 2.90. The SMILES string of the molecule is Cn1ccnc1C(N)c1c2c(nc3ccccc13)CCCC2. The summed E-state index contributed by atoms with van der Waals surface area (Å²) in [6.07, 6.45) is 8.32. The van der Waals surface area contributed by atoms with E-state index in [1.807, 2.05) is 30.1 Å². The fourth-order valence-corrected chi connectivity index (χ4v) is 3.57. The minimum atomic E-state index is -0.209. The summed E-state index contributed by atoms with van der Waals surface area (Å²) in [5.74, 6) is 0.907. The Morgan fingerprint density at radius 2 is 2.00 bits per heavy atom. The van der Waals surface area contributed by atoms with Gasteiger partial charge in [0.15, 0.2) is 0 Å². The molecule has 2 aromatic heterocycles. The van der Waals surface area contributed by atoms with Crippen molar-refractivity contribution in [3.63, 3.8) is 0 Å². The number of hydrogen-bond donors (Lipinski definition) is 1. The van der Waals surface area contributed by atoms with Crippen molar-refractivity contribution in [3.8, 4) is 0 Å². The third-order valence-electron chi connectivity index (χ3n) is 4.66. The second-order valence-corrected chi connectivity index (χ2v) is 6.05. The van der Waals surface area contributed by atoms with Crippen molar-refractivity contribution >= 4 is 10.9 Å². The first-order valence-corrected chi connectivity index (χ1v) is 7.89. The van der Waals surface area contributed by atoms with Gasteiger partial charge in [0.05, 0.1) is 11.6 Å². The van der Waals surface area contributed by atoms with E-state index in [4.69, 9.17) is 10.7 Å². The molecule has 1 aliphatic rings. The lowest BCUT2D eigenvalue weighted by molar-refractivity contribution is 0.648. The van der Waals surface area contributed by atoms with Gasteiger partial charge in [0.2, 0.25) is 0 Å². The standard InChI is InChI=1S/C18H20N4/c1-22-11-10-20-18(22)17(19)16-12-6-2-4-8-14(12)21-15-9-5-3-7-13(15)16/h2,4,6,8,10-11,17H,3,5,7,9,19H2,1H3. The molecule has 0 amide bonds. The molecule has 112 valence electrons. The molecule has 2 heterocycles. The third-order valence-corrected chi connectivity index (χ3v) is 4.66. The number of para-hydroxylation sites is 1. The van der Waals surface area contributed by atoms with Crippen molar-refractivity contribution in [3.05, 3.63) is 59.3 Å². The zero-order valence-electron chi connectivity index (χ0n) is 12.8. The molecule has 0 fully saturated rings. The highest BCUT2D eigenvalue weighted by Crippen LogP contribution is 2.34. The zero-order valence-corrected chi connectivity index (χ0v) is 12.8. The summed E-state index contributed by atoms with van der Waals surface area (Å²) in [5, 5.41) is 1.17. The Kier molecular flexibility index (Phi) is 3.19. The number of aryl methyl sites for hydroxylation is 2. The van der Waals surface area contributed by atoms with Crippen LogP contribution in [0.3, 0.4) is 0 Å². The highest BCUT2D eigenvalue weighted by atomic mass is 15.1. The van der Waals surface area contributed by atoms with Crippen molar-refractivity contribution < 1.29 is 0 Å². The van der Waals surface area contributed by atoms with E-state index in [2.05, 4.69) is 23.2 Å². The first-order valence-electron chi connectivity index (χ1n) is 7.89. The predicted molar refractivity (Wildman–Crippen MR) is 87.6 cm³/mol. The smallest absolute Gasteiger partial charge is 0.130 e. The molecule has 2 N–H and O–H groups in total. The third kappa shape index (κ3) is 2.03. The van der Waals surface area contributed by atoms with Gasteiger partial charge < -0.3 is 10.3 Å². The topological polar surface area (TPSA) is 56.7 Å². The first kappa shape index (κ1) is 13.5. The summed E-state index contributed by atoms with van der Waals surface area (Å²) < 4.78 is 2.01. The van der Waals surface area contributed by atoms with Crippen LogP contribution >= 0.6 is 0 Å². The summed E-state index contributed by atoms with van der Waals surface area (Å²) in [6.45, 7) is 0. The summed E-state index contributed by atoms with van der Waals surface area (Å²) >= 11 is 0. The maximum absolute atomic E-state index is 6.64. The number of imidazole rings is 1. The zero-order chi connectivity index (χ0) is 15.1. The molecule has 0 saturated carbocycles. The van der Waals surface area contributed by atoms with Crippen molar-refractivity contribution in [2.45, 2.75) is 31.7 Å². The molecule has 0 saturated heterocycles. The Morgan fingerprint density at radius 3 is 2.82 bits per heavy atom. The van der Waals surface area contributed by atoms with Crippen molar-refractivity contribution in [1.82, 2.24) is 14.5 Å². The fourth-order valence-electron chi connectivity index (χ4n) is 3.57. The van der Waals surface area contributed by atoms with E-state index < -0.39 is 0 Å². The van der Waals surface area contributed by atoms with E-state index in [-0.39, 0.29) is 6.04 Å². The average Bonchev–Trinajstić information content (AvgIpc) is 2.98. The Bertz CT molecular complexity index is 834. The van der Waals surface area contributed by atoms with Crippen LogP contribution in [0.1, 0.15) is 41.5 Å². The lowest BCUT2D eigenvalue weighted by Gasteiger charge is -2.24. The monoisotopic (exact) mass is 292 g/mol. The van der Waals surface area contributed by atoms with Crippen LogP contribution in [0.25, 0.3) is 10.9 Å². The largest absolute Gasteiger partial charge is 0.336 e. The van der Waals surface area contributed by atoms with Crippen molar-refractivity contribution in [2.24, 2.45) is 12.8 Å². The highest BCUT2D eigenvalue weighted by molar-refractivity contribution is 5.84. The van der Waals surface area contributed by atoms with E-state index in [0.717, 1.165) is 24.2 Å². The number of hydrogen-bond acceptors (Lipinski definition) is 3. The normalized spacial score (nSPS) is 15.7. The van der Waals surface area contributed by atoms with E-state index in [9.17, 15) is 0 Å². The van der Waals surface area contributed by atoms with Crippen LogP contribution in [0.5, 0.6) is 0 Å². The number of pyridine rings is 1. The molecule has 4 nitrogen and oxygen atoms in total. The second kappa shape index (κ2) is 5.21. The number of aromatic nitrogens is 3. The number of fused-ring (bicyclic) bond motifs is 2. The minimum Gasteiger partial charge on any atom is -0.336 e. The van der Waals surface area contributed by atoms with Crippen LogP contribution in [0.15, 0.2) is 36.7 Å². The van der Waals surface area contributed by atoms with Gasteiger partial charge in [-0.3, -0.25) is 4.98 Å². The van der Waals surface area contributed by atoms with Gasteiger partial charge >= 0.3 is 0 Å². The van der Waals surface area contributed by atoms with Crippen LogP contribution in [-0.2, 0) is 19.9 Å². The van der Waals surface area contributed by atoms with Gasteiger partial charge in [-0.25, -0.2) is 4.98 Å². The maximum Gasteiger partial charge on any atom is 0.130 e. The lowest BCUT2D eigenvalue weighted by Crippen LogP contribution is -2.21. The van der Waals surface area contributed by atoms with E-state index in [1.165, 1.54) is 35.0 Å². The van der Waals surface area contributed by atoms with Gasteiger partial charge in [0, 0.05) is 30.5 Å². The van der Waals surface area contributed by atoms with Gasteiger partial charge in [0.25, 0.3) is 0 Å². The molecule has 0 bridgehead atoms. The molecule has 22 heavy (non-hydrogen) atoms. The molecule has 1 atom stereocenters. The number of nitrogens with zero attached hydrogens (tertiary/aromatic N) is 3. The molecular formula is C18H20N4. The first-order chi connectivity index (χ1) is 10.8. The number of nitrogens with two attached hydrogens (primary N) is 1. The number of benzene rings is 1. The molecule has 4 heteroatoms. The molecule has 0 spiro atoms. The summed E-state index contributed by atoms with van der Waals surface area (Å²) in [6, 6.07) is 8.11. The summed E-state index contributed by atoms with van der Waals surface area (Å²) in [5.41, 5.74) is 11.5.